The second-order valence-electron chi connectivity index (χ2n) is 1.34. The maximum absolute atomic E-state index is 9.60. The van der Waals surface area contributed by atoms with Gasteiger partial charge in [-0.15, -0.1) is 11.6 Å². The van der Waals surface area contributed by atoms with Crippen LogP contribution in [0.2, 0.25) is 0 Å². The summed E-state index contributed by atoms with van der Waals surface area (Å²) in [4.78, 5) is 9.60. The van der Waals surface area contributed by atoms with Gasteiger partial charge in [0, 0.05) is 11.9 Å². The van der Waals surface area contributed by atoms with E-state index in [0.717, 1.165) is 0 Å². The highest BCUT2D eigenvalue weighted by Gasteiger charge is 1.91. The van der Waals surface area contributed by atoms with E-state index in [1.165, 1.54) is 0 Å². The van der Waals surface area contributed by atoms with Gasteiger partial charge in [-0.2, -0.15) is 0 Å². The molecule has 0 aromatic heterocycles. The highest BCUT2D eigenvalue weighted by Crippen LogP contribution is 1.81. The molecule has 0 aromatic rings. The number of hydrogen-bond donors (Lipinski definition) is 1. The van der Waals surface area contributed by atoms with Crippen molar-refractivity contribution in [1.29, 1.82) is 0 Å². The normalized spacial score (nSPS) is 12.9. The highest BCUT2D eigenvalue weighted by atomic mass is 35.5. The van der Waals surface area contributed by atoms with E-state index < -0.39 is 0 Å². The number of amides is 1. The van der Waals surface area contributed by atoms with Crippen LogP contribution in [0, 0.1) is 0 Å². The largest absolute Gasteiger partial charge is 0.355 e. The molecule has 1 unspecified atom stereocenters. The van der Waals surface area contributed by atoms with Crippen LogP contribution in [0.25, 0.3) is 0 Å². The van der Waals surface area contributed by atoms with Gasteiger partial charge in [0.25, 0.3) is 0 Å². The summed E-state index contributed by atoms with van der Waals surface area (Å²) in [7, 11) is 0. The first-order chi connectivity index (χ1) is 3.31. The lowest BCUT2D eigenvalue weighted by Crippen LogP contribution is -2.25. The zero-order valence-electron chi connectivity index (χ0n) is 4.15. The summed E-state index contributed by atoms with van der Waals surface area (Å²) in [6.45, 7) is 1.83. The maximum Gasteiger partial charge on any atom is 0.207 e. The first-order valence-electron chi connectivity index (χ1n) is 2.07. The van der Waals surface area contributed by atoms with Gasteiger partial charge in [-0.1, -0.05) is 0 Å². The van der Waals surface area contributed by atoms with Crippen LogP contribution in [-0.4, -0.2) is 18.3 Å². The smallest absolute Gasteiger partial charge is 0.207 e. The predicted octanol–water partition coefficient (Wildman–Crippen LogP) is 0.360. The van der Waals surface area contributed by atoms with Crippen LogP contribution in [0.5, 0.6) is 0 Å². The molecule has 0 aromatic carbocycles. The van der Waals surface area contributed by atoms with Crippen molar-refractivity contribution in [3.8, 4) is 0 Å². The molecule has 42 valence electrons. The fourth-order valence-electron chi connectivity index (χ4n) is 0.161. The van der Waals surface area contributed by atoms with Gasteiger partial charge >= 0.3 is 0 Å². The average Bonchev–Trinajstić information content (AvgIpc) is 1.68. The number of rotatable bonds is 3. The molecule has 1 N–H and O–H groups in total. The Balaban J connectivity index is 2.98. The Labute approximate surface area is 47.8 Å². The van der Waals surface area contributed by atoms with Crippen molar-refractivity contribution in [3.63, 3.8) is 0 Å². The summed E-state index contributed by atoms with van der Waals surface area (Å²) >= 11 is 5.31. The molecule has 0 aliphatic carbocycles. The summed E-state index contributed by atoms with van der Waals surface area (Å²) in [6.07, 6.45) is 0.646. The molecule has 0 saturated carbocycles. The van der Waals surface area contributed by atoms with Crippen LogP contribution < -0.4 is 5.32 Å². The summed E-state index contributed by atoms with van der Waals surface area (Å²) in [5.41, 5.74) is 0. The van der Waals surface area contributed by atoms with Crippen LogP contribution in [0.15, 0.2) is 0 Å². The van der Waals surface area contributed by atoms with Crippen molar-refractivity contribution in [2.75, 3.05) is 5.88 Å². The molecule has 0 saturated heterocycles. The van der Waals surface area contributed by atoms with Crippen molar-refractivity contribution in [2.45, 2.75) is 13.0 Å². The standard InChI is InChI=1S/C4H8ClNO/c1-4(2-5)6-3-7/h3-4H,2H2,1H3,(H,6,7). The predicted molar refractivity (Wildman–Crippen MR) is 29.4 cm³/mol. The van der Waals surface area contributed by atoms with E-state index in [9.17, 15) is 4.79 Å². The summed E-state index contributed by atoms with van der Waals surface area (Å²) in [5.74, 6) is 0.471. The monoisotopic (exact) mass is 121 g/mol. The Hall–Kier alpha value is -0.240. The molecule has 0 rings (SSSR count). The molecule has 0 heterocycles. The highest BCUT2D eigenvalue weighted by molar-refractivity contribution is 6.18. The Morgan fingerprint density at radius 3 is 2.71 bits per heavy atom. The van der Waals surface area contributed by atoms with E-state index in [0.29, 0.717) is 12.3 Å². The van der Waals surface area contributed by atoms with Crippen LogP contribution >= 0.6 is 11.6 Å². The van der Waals surface area contributed by atoms with Crippen molar-refractivity contribution < 1.29 is 4.79 Å². The molecule has 0 spiro atoms. The Morgan fingerprint density at radius 2 is 2.57 bits per heavy atom. The number of carbonyl (C=O) groups is 1. The zero-order chi connectivity index (χ0) is 5.70. The van der Waals surface area contributed by atoms with Gasteiger partial charge in [0.05, 0.1) is 0 Å². The van der Waals surface area contributed by atoms with Crippen LogP contribution in [0.4, 0.5) is 0 Å². The summed E-state index contributed by atoms with van der Waals surface area (Å²) in [5, 5.41) is 2.48. The second-order valence-corrected chi connectivity index (χ2v) is 1.65. The number of hydrogen-bond acceptors (Lipinski definition) is 1. The number of carbonyl (C=O) groups excluding carboxylic acids is 1. The van der Waals surface area contributed by atoms with Gasteiger partial charge < -0.3 is 5.32 Å². The van der Waals surface area contributed by atoms with Crippen molar-refractivity contribution >= 4 is 18.0 Å². The molecule has 0 aliphatic rings. The van der Waals surface area contributed by atoms with E-state index in [2.05, 4.69) is 5.32 Å². The lowest BCUT2D eigenvalue weighted by Gasteiger charge is -2.01. The van der Waals surface area contributed by atoms with Crippen molar-refractivity contribution in [2.24, 2.45) is 0 Å². The first kappa shape index (κ1) is 6.76. The Kier molecular flexibility index (Phi) is 3.80. The van der Waals surface area contributed by atoms with Crippen LogP contribution in [-0.2, 0) is 4.79 Å². The lowest BCUT2D eigenvalue weighted by molar-refractivity contribution is -0.109. The van der Waals surface area contributed by atoms with E-state index in [-0.39, 0.29) is 6.04 Å². The minimum Gasteiger partial charge on any atom is -0.355 e. The van der Waals surface area contributed by atoms with Gasteiger partial charge in [0.1, 0.15) is 0 Å². The van der Waals surface area contributed by atoms with Gasteiger partial charge in [0.15, 0.2) is 0 Å². The number of nitrogens with one attached hydrogen (secondary N) is 1. The second kappa shape index (κ2) is 3.93. The first-order valence-corrected chi connectivity index (χ1v) is 2.60. The topological polar surface area (TPSA) is 29.1 Å². The quantitative estimate of drug-likeness (QED) is 0.424. The number of alkyl halides is 1. The molecular formula is C4H8ClNO. The van der Waals surface area contributed by atoms with Gasteiger partial charge in [-0.3, -0.25) is 4.79 Å². The van der Waals surface area contributed by atoms with Crippen molar-refractivity contribution in [1.82, 2.24) is 5.32 Å². The molecule has 1 atom stereocenters. The minimum atomic E-state index is 0.0965. The average molecular weight is 122 g/mol. The molecule has 0 aliphatic heterocycles. The van der Waals surface area contributed by atoms with E-state index >= 15 is 0 Å². The molecule has 1 amide bonds. The van der Waals surface area contributed by atoms with E-state index in [4.69, 9.17) is 11.6 Å². The zero-order valence-corrected chi connectivity index (χ0v) is 4.90. The van der Waals surface area contributed by atoms with Crippen LogP contribution in [0.3, 0.4) is 0 Å². The van der Waals surface area contributed by atoms with Crippen LogP contribution in [0.1, 0.15) is 6.92 Å². The maximum atomic E-state index is 9.60. The molecule has 3 heteroatoms. The molecule has 7 heavy (non-hydrogen) atoms. The fourth-order valence-corrected chi connectivity index (χ4v) is 0.250. The minimum absolute atomic E-state index is 0.0965. The molecule has 2 nitrogen and oxygen atoms in total. The summed E-state index contributed by atoms with van der Waals surface area (Å²) in [6, 6.07) is 0.0965. The molecule has 0 fully saturated rings. The fraction of sp³-hybridized carbons (Fsp3) is 0.750. The third kappa shape index (κ3) is 3.59. The SMILES string of the molecule is CC(CCl)NC=O. The molecular weight excluding hydrogens is 114 g/mol. The third-order valence-electron chi connectivity index (χ3n) is 0.584. The summed E-state index contributed by atoms with van der Waals surface area (Å²) < 4.78 is 0. The van der Waals surface area contributed by atoms with Gasteiger partial charge in [-0.05, 0) is 6.92 Å². The lowest BCUT2D eigenvalue weighted by atomic mass is 10.4. The Bertz CT molecular complexity index is 57.7. The van der Waals surface area contributed by atoms with Gasteiger partial charge in [0.2, 0.25) is 6.41 Å². The molecule has 0 radical (unpaired) electrons. The van der Waals surface area contributed by atoms with Crippen molar-refractivity contribution in [3.05, 3.63) is 0 Å². The molecule has 0 bridgehead atoms. The third-order valence-corrected chi connectivity index (χ3v) is 1.05. The van der Waals surface area contributed by atoms with E-state index in [1.54, 1.807) is 0 Å². The number of halogens is 1. The Morgan fingerprint density at radius 1 is 2.00 bits per heavy atom. The van der Waals surface area contributed by atoms with E-state index in [1.807, 2.05) is 6.92 Å². The van der Waals surface area contributed by atoms with Gasteiger partial charge in [-0.25, -0.2) is 0 Å².